The molecule has 102 valence electrons. The van der Waals surface area contributed by atoms with E-state index >= 15 is 0 Å². The van der Waals surface area contributed by atoms with Crippen LogP contribution in [0.3, 0.4) is 0 Å². The summed E-state index contributed by atoms with van der Waals surface area (Å²) >= 11 is 3.03. The first-order chi connectivity index (χ1) is 9.74. The highest BCUT2D eigenvalue weighted by atomic mass is 32.2. The van der Waals surface area contributed by atoms with Gasteiger partial charge in [0, 0.05) is 11.1 Å². The number of hydrogen-bond acceptors (Lipinski definition) is 6. The molecule has 0 amide bonds. The summed E-state index contributed by atoms with van der Waals surface area (Å²) in [7, 11) is 0. The predicted octanol–water partition coefficient (Wildman–Crippen LogP) is 2.81. The number of ketones is 1. The molecule has 1 aliphatic heterocycles. The monoisotopic (exact) mass is 305 g/mol. The molecule has 0 fully saturated rings. The molecule has 3 rings (SSSR count). The van der Waals surface area contributed by atoms with Gasteiger partial charge in [-0.2, -0.15) is 0 Å². The second kappa shape index (κ2) is 5.85. The number of carbonyl (C=O) groups is 1. The Bertz CT molecular complexity index is 751. The molecule has 0 aliphatic carbocycles. The van der Waals surface area contributed by atoms with Gasteiger partial charge in [-0.15, -0.1) is 0 Å². The van der Waals surface area contributed by atoms with Crippen molar-refractivity contribution >= 4 is 44.7 Å². The molecular formula is C14H11NO3S2. The highest BCUT2D eigenvalue weighted by Gasteiger charge is 2.16. The number of aliphatic imine (C=N–C) groups is 1. The molecule has 1 aliphatic rings. The van der Waals surface area contributed by atoms with Crippen LogP contribution in [0.1, 0.15) is 10.4 Å². The van der Waals surface area contributed by atoms with Crippen LogP contribution in [0, 0.1) is 0 Å². The quantitative estimate of drug-likeness (QED) is 0.644. The average Bonchev–Trinajstić information content (AvgIpc) is 2.97. The third-order valence-electron chi connectivity index (χ3n) is 2.83. The van der Waals surface area contributed by atoms with Crippen LogP contribution >= 0.6 is 23.5 Å². The number of thioether (sulfide) groups is 2. The third-order valence-corrected chi connectivity index (χ3v) is 5.08. The van der Waals surface area contributed by atoms with Crippen LogP contribution in [0.15, 0.2) is 44.5 Å². The van der Waals surface area contributed by atoms with Crippen molar-refractivity contribution in [1.29, 1.82) is 0 Å². The third kappa shape index (κ3) is 2.81. The van der Waals surface area contributed by atoms with Crippen LogP contribution in [0.4, 0.5) is 0 Å². The fourth-order valence-corrected chi connectivity index (χ4v) is 3.76. The van der Waals surface area contributed by atoms with E-state index in [2.05, 4.69) is 4.99 Å². The van der Waals surface area contributed by atoms with Crippen LogP contribution in [-0.4, -0.2) is 28.2 Å². The number of Topliss-reactive ketones (excluding diaryl/α,β-unsaturated/α-hetero) is 1. The molecule has 0 unspecified atom stereocenters. The maximum absolute atomic E-state index is 12.1. The minimum absolute atomic E-state index is 0.111. The zero-order valence-corrected chi connectivity index (χ0v) is 12.1. The Morgan fingerprint density at radius 1 is 1.40 bits per heavy atom. The molecule has 1 aromatic carbocycles. The number of rotatable bonds is 3. The minimum atomic E-state index is -0.574. The van der Waals surface area contributed by atoms with Gasteiger partial charge in [0.05, 0.1) is 12.3 Å². The molecule has 0 spiro atoms. The predicted molar refractivity (Wildman–Crippen MR) is 84.0 cm³/mol. The van der Waals surface area contributed by atoms with Gasteiger partial charge in [-0.25, -0.2) is 4.79 Å². The van der Waals surface area contributed by atoms with Gasteiger partial charge in [0.2, 0.25) is 0 Å². The lowest BCUT2D eigenvalue weighted by Gasteiger charge is -2.01. The van der Waals surface area contributed by atoms with Crippen molar-refractivity contribution in [2.24, 2.45) is 4.99 Å². The van der Waals surface area contributed by atoms with Gasteiger partial charge in [-0.05, 0) is 12.1 Å². The summed E-state index contributed by atoms with van der Waals surface area (Å²) < 4.78 is 6.08. The Morgan fingerprint density at radius 3 is 3.05 bits per heavy atom. The van der Waals surface area contributed by atoms with E-state index in [-0.39, 0.29) is 17.1 Å². The van der Waals surface area contributed by atoms with Crippen LogP contribution < -0.4 is 5.63 Å². The number of benzene rings is 1. The molecule has 0 bridgehead atoms. The lowest BCUT2D eigenvalue weighted by Crippen LogP contribution is -2.16. The van der Waals surface area contributed by atoms with E-state index in [1.165, 1.54) is 11.8 Å². The summed E-state index contributed by atoms with van der Waals surface area (Å²) in [6.07, 6.45) is 0. The maximum Gasteiger partial charge on any atom is 0.347 e. The Morgan fingerprint density at radius 2 is 2.25 bits per heavy atom. The summed E-state index contributed by atoms with van der Waals surface area (Å²) in [5.41, 5.74) is 0.0348. The van der Waals surface area contributed by atoms with Crippen molar-refractivity contribution in [3.63, 3.8) is 0 Å². The Kier molecular flexibility index (Phi) is 3.93. The molecule has 0 saturated carbocycles. The zero-order chi connectivity index (χ0) is 13.9. The number of carbonyl (C=O) groups excluding carboxylic acids is 1. The number of fused-ring (bicyclic) bond motifs is 1. The molecule has 2 heterocycles. The van der Waals surface area contributed by atoms with Gasteiger partial charge in [-0.3, -0.25) is 9.79 Å². The minimum Gasteiger partial charge on any atom is -0.422 e. The van der Waals surface area contributed by atoms with Gasteiger partial charge < -0.3 is 4.42 Å². The molecule has 0 radical (unpaired) electrons. The molecular weight excluding hydrogens is 294 g/mol. The van der Waals surface area contributed by atoms with Crippen molar-refractivity contribution in [3.05, 3.63) is 46.3 Å². The topological polar surface area (TPSA) is 59.6 Å². The number of nitrogens with zero attached hydrogens (tertiary/aromatic N) is 1. The van der Waals surface area contributed by atoms with E-state index in [1.54, 1.807) is 30.0 Å². The molecule has 0 atom stereocenters. The molecule has 1 aromatic heterocycles. The molecule has 4 nitrogen and oxygen atoms in total. The first kappa shape index (κ1) is 13.5. The molecule has 2 aromatic rings. The van der Waals surface area contributed by atoms with E-state index in [0.29, 0.717) is 5.58 Å². The van der Waals surface area contributed by atoms with Crippen molar-refractivity contribution in [1.82, 2.24) is 0 Å². The van der Waals surface area contributed by atoms with E-state index < -0.39 is 5.63 Å². The van der Waals surface area contributed by atoms with Crippen LogP contribution in [0.25, 0.3) is 11.0 Å². The van der Waals surface area contributed by atoms with Gasteiger partial charge in [0.25, 0.3) is 0 Å². The van der Waals surface area contributed by atoms with Crippen LogP contribution in [0.5, 0.6) is 0 Å². The fraction of sp³-hybridized carbons (Fsp3) is 0.214. The Labute approximate surface area is 123 Å². The first-order valence-corrected chi connectivity index (χ1v) is 8.07. The second-order valence-electron chi connectivity index (χ2n) is 4.19. The number of para-hydroxylation sites is 1. The van der Waals surface area contributed by atoms with Gasteiger partial charge in [0.1, 0.15) is 15.5 Å². The lowest BCUT2D eigenvalue weighted by atomic mass is 10.1. The Hall–Kier alpha value is -1.53. The van der Waals surface area contributed by atoms with E-state index in [4.69, 9.17) is 4.42 Å². The second-order valence-corrected chi connectivity index (χ2v) is 6.50. The van der Waals surface area contributed by atoms with Gasteiger partial charge in [-0.1, -0.05) is 41.7 Å². The summed E-state index contributed by atoms with van der Waals surface area (Å²) in [6, 6.07) is 8.77. The van der Waals surface area contributed by atoms with Crippen molar-refractivity contribution in [3.8, 4) is 0 Å². The SMILES string of the molecule is O=C(CSC1=NCCS1)c1cc2ccccc2oc1=O. The summed E-state index contributed by atoms with van der Waals surface area (Å²) in [5.74, 6) is 0.966. The standard InChI is InChI=1S/C14H11NO3S2/c16-11(8-20-14-15-5-6-19-14)10-7-9-3-1-2-4-12(9)18-13(10)17/h1-4,7H,5-6,8H2. The highest BCUT2D eigenvalue weighted by Crippen LogP contribution is 2.23. The van der Waals surface area contributed by atoms with E-state index in [0.717, 1.165) is 22.1 Å². The van der Waals surface area contributed by atoms with E-state index in [1.807, 2.05) is 12.1 Å². The fourth-order valence-electron chi connectivity index (χ4n) is 1.86. The van der Waals surface area contributed by atoms with Crippen molar-refractivity contribution < 1.29 is 9.21 Å². The molecule has 0 N–H and O–H groups in total. The van der Waals surface area contributed by atoms with Crippen molar-refractivity contribution in [2.75, 3.05) is 18.1 Å². The molecule has 20 heavy (non-hydrogen) atoms. The Balaban J connectivity index is 1.83. The van der Waals surface area contributed by atoms with E-state index in [9.17, 15) is 9.59 Å². The highest BCUT2D eigenvalue weighted by molar-refractivity contribution is 8.39. The normalized spacial score (nSPS) is 14.5. The zero-order valence-electron chi connectivity index (χ0n) is 10.5. The van der Waals surface area contributed by atoms with Gasteiger partial charge in [0.15, 0.2) is 5.78 Å². The smallest absolute Gasteiger partial charge is 0.347 e. The average molecular weight is 305 g/mol. The van der Waals surface area contributed by atoms with Crippen LogP contribution in [-0.2, 0) is 0 Å². The summed E-state index contributed by atoms with van der Waals surface area (Å²) in [5, 5.41) is 0.757. The number of hydrogen-bond donors (Lipinski definition) is 0. The van der Waals surface area contributed by atoms with Gasteiger partial charge >= 0.3 is 5.63 Å². The molecule has 0 saturated heterocycles. The lowest BCUT2D eigenvalue weighted by molar-refractivity contribution is 0.101. The summed E-state index contributed by atoms with van der Waals surface area (Å²) in [4.78, 5) is 28.2. The van der Waals surface area contributed by atoms with Crippen LogP contribution in [0.2, 0.25) is 0 Å². The summed E-state index contributed by atoms with van der Waals surface area (Å²) in [6.45, 7) is 0.805. The maximum atomic E-state index is 12.1. The van der Waals surface area contributed by atoms with Crippen molar-refractivity contribution in [2.45, 2.75) is 0 Å². The molecule has 6 heteroatoms. The first-order valence-electron chi connectivity index (χ1n) is 6.10. The largest absolute Gasteiger partial charge is 0.422 e.